The Morgan fingerprint density at radius 2 is 2.03 bits per heavy atom. The number of aryl methyl sites for hydroxylation is 1. The molecule has 31 heavy (non-hydrogen) atoms. The van der Waals surface area contributed by atoms with Crippen molar-refractivity contribution in [2.24, 2.45) is 5.92 Å². The van der Waals surface area contributed by atoms with Gasteiger partial charge in [-0.2, -0.15) is 9.78 Å². The first kappa shape index (κ1) is 21.5. The summed E-state index contributed by atoms with van der Waals surface area (Å²) in [7, 11) is -3.40. The smallest absolute Gasteiger partial charge is 0.349 e. The van der Waals surface area contributed by atoms with E-state index in [4.69, 9.17) is 4.74 Å². The van der Waals surface area contributed by atoms with Crippen LogP contribution in [0.1, 0.15) is 53.8 Å². The maximum atomic E-state index is 14.0. The molecular weight excluding hydrogens is 425 g/mol. The Hall–Kier alpha value is -2.75. The molecule has 2 aromatic rings. The van der Waals surface area contributed by atoms with Crippen LogP contribution >= 0.6 is 0 Å². The zero-order valence-corrected chi connectivity index (χ0v) is 18.0. The second-order valence-electron chi connectivity index (χ2n) is 8.29. The topological polar surface area (TPSA) is 107 Å². The number of rotatable bonds is 10. The van der Waals surface area contributed by atoms with Crippen LogP contribution in [0.3, 0.4) is 0 Å². The summed E-state index contributed by atoms with van der Waals surface area (Å²) >= 11 is 0. The van der Waals surface area contributed by atoms with E-state index in [0.717, 1.165) is 17.5 Å². The third-order valence-electron chi connectivity index (χ3n) is 5.44. The van der Waals surface area contributed by atoms with E-state index < -0.39 is 27.6 Å². The van der Waals surface area contributed by atoms with Gasteiger partial charge in [-0.25, -0.2) is 17.6 Å². The van der Waals surface area contributed by atoms with Gasteiger partial charge >= 0.3 is 6.03 Å². The van der Waals surface area contributed by atoms with E-state index in [-0.39, 0.29) is 23.1 Å². The quantitative estimate of drug-likeness (QED) is 0.598. The van der Waals surface area contributed by atoms with E-state index in [2.05, 4.69) is 10.4 Å². The molecule has 0 unspecified atom stereocenters. The van der Waals surface area contributed by atoms with Crippen molar-refractivity contribution < 1.29 is 27.1 Å². The highest BCUT2D eigenvalue weighted by Gasteiger charge is 2.28. The maximum absolute atomic E-state index is 14.0. The Kier molecular flexibility index (Phi) is 5.83. The number of hydrogen-bond donors (Lipinski definition) is 1. The van der Waals surface area contributed by atoms with Crippen molar-refractivity contribution in [3.63, 3.8) is 0 Å². The normalized spacial score (nSPS) is 16.8. The highest BCUT2D eigenvalue weighted by atomic mass is 32.2. The minimum atomic E-state index is -3.40. The molecule has 4 rings (SSSR count). The summed E-state index contributed by atoms with van der Waals surface area (Å²) < 4.78 is 45.8. The van der Waals surface area contributed by atoms with Crippen LogP contribution in [0.2, 0.25) is 0 Å². The first-order valence-electron chi connectivity index (χ1n) is 10.3. The van der Waals surface area contributed by atoms with Gasteiger partial charge in [0.25, 0.3) is 5.91 Å². The predicted molar refractivity (Wildman–Crippen MR) is 110 cm³/mol. The molecule has 0 bridgehead atoms. The Morgan fingerprint density at radius 1 is 1.26 bits per heavy atom. The summed E-state index contributed by atoms with van der Waals surface area (Å²) in [6.45, 7) is 2.31. The molecule has 8 nitrogen and oxygen atoms in total. The molecular formula is C21H24FN3O5S. The van der Waals surface area contributed by atoms with Gasteiger partial charge in [0.1, 0.15) is 17.3 Å². The molecule has 2 aliphatic rings. The first-order valence-corrected chi connectivity index (χ1v) is 12.1. The molecule has 166 valence electrons. The van der Waals surface area contributed by atoms with Crippen LogP contribution in [-0.4, -0.2) is 48.2 Å². The Bertz CT molecular complexity index is 1090. The molecule has 1 fully saturated rings. The molecule has 1 aromatic heterocycles. The van der Waals surface area contributed by atoms with Gasteiger partial charge in [0.2, 0.25) is 0 Å². The second kappa shape index (κ2) is 8.41. The average molecular weight is 450 g/mol. The molecule has 0 spiro atoms. The summed E-state index contributed by atoms with van der Waals surface area (Å²) in [6, 6.07) is 5.26. The highest BCUT2D eigenvalue weighted by molar-refractivity contribution is 7.91. The minimum Gasteiger partial charge on any atom is -0.493 e. The van der Waals surface area contributed by atoms with Crippen LogP contribution < -0.4 is 10.1 Å². The number of amides is 2. The predicted octanol–water partition coefficient (Wildman–Crippen LogP) is 2.67. The molecule has 1 aliphatic carbocycles. The van der Waals surface area contributed by atoms with Crippen LogP contribution in [0.25, 0.3) is 0 Å². The Labute approximate surface area is 179 Å². The van der Waals surface area contributed by atoms with E-state index in [1.807, 2.05) is 0 Å². The van der Waals surface area contributed by atoms with E-state index in [1.54, 1.807) is 13.0 Å². The zero-order chi connectivity index (χ0) is 22.2. The van der Waals surface area contributed by atoms with Crippen molar-refractivity contribution in [2.75, 3.05) is 18.1 Å². The maximum Gasteiger partial charge on any atom is 0.349 e. The number of carbonyl (C=O) groups is 2. The fourth-order valence-electron chi connectivity index (χ4n) is 3.57. The van der Waals surface area contributed by atoms with Gasteiger partial charge in [0, 0.05) is 6.07 Å². The molecule has 0 radical (unpaired) electrons. The van der Waals surface area contributed by atoms with Gasteiger partial charge in [-0.15, -0.1) is 0 Å². The lowest BCUT2D eigenvalue weighted by Crippen LogP contribution is -2.23. The number of carbonyl (C=O) groups excluding carboxylic acids is 2. The zero-order valence-electron chi connectivity index (χ0n) is 17.1. The third kappa shape index (κ3) is 5.30. The van der Waals surface area contributed by atoms with E-state index in [1.165, 1.54) is 18.2 Å². The van der Waals surface area contributed by atoms with Crippen molar-refractivity contribution in [1.82, 2.24) is 15.1 Å². The van der Waals surface area contributed by atoms with Crippen molar-refractivity contribution >= 4 is 21.8 Å². The molecule has 0 saturated heterocycles. The van der Waals surface area contributed by atoms with Crippen LogP contribution in [0.15, 0.2) is 24.3 Å². The number of benzene rings is 1. The molecule has 2 heterocycles. The number of aromatic nitrogens is 2. The van der Waals surface area contributed by atoms with Gasteiger partial charge in [-0.1, -0.05) is 6.92 Å². The van der Waals surface area contributed by atoms with Crippen molar-refractivity contribution in [3.8, 4) is 5.75 Å². The molecule has 1 aliphatic heterocycles. The summed E-state index contributed by atoms with van der Waals surface area (Å²) in [4.78, 5) is 23.1. The summed E-state index contributed by atoms with van der Waals surface area (Å²) in [6.07, 6.45) is 2.89. The molecule has 2 amide bonds. The van der Waals surface area contributed by atoms with E-state index >= 15 is 0 Å². The lowest BCUT2D eigenvalue weighted by atomic mass is 10.0. The molecule has 1 N–H and O–H groups in total. The minimum absolute atomic E-state index is 0.0694. The van der Waals surface area contributed by atoms with Crippen LogP contribution in [-0.2, 0) is 16.3 Å². The van der Waals surface area contributed by atoms with E-state index in [0.29, 0.717) is 42.4 Å². The summed E-state index contributed by atoms with van der Waals surface area (Å²) in [5, 5.41) is 6.16. The number of ether oxygens (including phenoxy) is 1. The fraction of sp³-hybridized carbons (Fsp3) is 0.476. The number of sulfone groups is 1. The monoisotopic (exact) mass is 449 g/mol. The number of hydrogen-bond acceptors (Lipinski definition) is 6. The fourth-order valence-corrected chi connectivity index (χ4v) is 5.27. The molecule has 10 heteroatoms. The summed E-state index contributed by atoms with van der Waals surface area (Å²) in [5.74, 6) is -0.563. The number of nitrogens with zero attached hydrogens (tertiary/aromatic N) is 2. The SMILES string of the molecule is C[C@@H](CS(=O)(=O)CCCc1cc2n(n1)C(=O)NC2=O)c1cc(F)cc(OCC2CC2)c1. The Balaban J connectivity index is 1.32. The summed E-state index contributed by atoms with van der Waals surface area (Å²) in [5.41, 5.74) is 1.23. The molecule has 1 saturated carbocycles. The van der Waals surface area contributed by atoms with Crippen LogP contribution in [0.5, 0.6) is 5.75 Å². The Morgan fingerprint density at radius 3 is 2.74 bits per heavy atom. The van der Waals surface area contributed by atoms with Gasteiger partial charge in [-0.3, -0.25) is 10.1 Å². The number of fused-ring (bicyclic) bond motifs is 1. The lowest BCUT2D eigenvalue weighted by molar-refractivity contribution is 0.0976. The molecule has 1 atom stereocenters. The highest BCUT2D eigenvalue weighted by Crippen LogP contribution is 2.31. The van der Waals surface area contributed by atoms with Crippen LogP contribution in [0.4, 0.5) is 9.18 Å². The van der Waals surface area contributed by atoms with Crippen molar-refractivity contribution in [3.05, 3.63) is 47.0 Å². The van der Waals surface area contributed by atoms with Crippen molar-refractivity contribution in [1.29, 1.82) is 0 Å². The largest absolute Gasteiger partial charge is 0.493 e. The number of nitrogens with one attached hydrogen (secondary N) is 1. The van der Waals surface area contributed by atoms with Gasteiger partial charge < -0.3 is 4.74 Å². The molecule has 1 aromatic carbocycles. The lowest BCUT2D eigenvalue weighted by Gasteiger charge is -2.14. The third-order valence-corrected chi connectivity index (χ3v) is 7.36. The van der Waals surface area contributed by atoms with Gasteiger partial charge in [0.05, 0.1) is 23.8 Å². The average Bonchev–Trinajstić information content (AvgIpc) is 3.36. The van der Waals surface area contributed by atoms with Crippen molar-refractivity contribution in [2.45, 2.75) is 38.5 Å². The van der Waals surface area contributed by atoms with Gasteiger partial charge in [-0.05, 0) is 61.3 Å². The number of imide groups is 1. The number of halogens is 1. The second-order valence-corrected chi connectivity index (χ2v) is 10.5. The van der Waals surface area contributed by atoms with Crippen LogP contribution in [0, 0.1) is 11.7 Å². The van der Waals surface area contributed by atoms with E-state index in [9.17, 15) is 22.4 Å². The van der Waals surface area contributed by atoms with Gasteiger partial charge in [0.15, 0.2) is 9.84 Å². The first-order chi connectivity index (χ1) is 14.7. The standard InChI is InChI=1S/C21H24FN3O5S/c1-13(15-7-16(22)9-18(8-15)30-11-14-4-5-14)12-31(28,29)6-2-3-17-10-19-20(26)23-21(27)25(19)24-17/h7-10,13-14H,2-6,11-12H2,1H3,(H,23,26,27)/t13-/m0/s1.